The molecule has 1 spiro atoms. The Bertz CT molecular complexity index is 880. The second-order valence-corrected chi connectivity index (χ2v) is 11.7. The number of carbonyl (C=O) groups is 2. The van der Waals surface area contributed by atoms with E-state index in [2.05, 4.69) is 37.5 Å². The van der Waals surface area contributed by atoms with Gasteiger partial charge in [-0.1, -0.05) is 47.0 Å². The smallest absolute Gasteiger partial charge is 0.225 e. The number of pyridine rings is 1. The van der Waals surface area contributed by atoms with E-state index >= 15 is 0 Å². The minimum absolute atomic E-state index is 0.0158. The number of amides is 1. The van der Waals surface area contributed by atoms with Gasteiger partial charge in [0.05, 0.1) is 5.69 Å². The highest BCUT2D eigenvalue weighted by atomic mass is 16.2. The maximum Gasteiger partial charge on any atom is 0.225 e. The van der Waals surface area contributed by atoms with Crippen LogP contribution in [-0.4, -0.2) is 47.8 Å². The van der Waals surface area contributed by atoms with Crippen LogP contribution in [0.15, 0.2) is 12.1 Å². The molecule has 3 heterocycles. The number of rotatable bonds is 7. The number of ketones is 1. The van der Waals surface area contributed by atoms with E-state index < -0.39 is 0 Å². The number of hydrogen-bond acceptors (Lipinski definition) is 4. The van der Waals surface area contributed by atoms with Crippen molar-refractivity contribution in [2.24, 2.45) is 16.7 Å². The zero-order valence-electron chi connectivity index (χ0n) is 21.3. The molecular formula is C28H43N3O2. The topological polar surface area (TPSA) is 53.5 Å². The largest absolute Gasteiger partial charge is 0.356 e. The SMILES string of the molecule is CCCCCC(CC)C(=O)N1CCC2(CCCN(c3ccc4c(n3)CC(C)(C)CC4=O)C2)C1. The highest BCUT2D eigenvalue weighted by Gasteiger charge is 2.44. The Morgan fingerprint density at radius 3 is 2.67 bits per heavy atom. The summed E-state index contributed by atoms with van der Waals surface area (Å²) in [6.45, 7) is 12.5. The van der Waals surface area contributed by atoms with Crippen LogP contribution in [0.1, 0.15) is 102 Å². The van der Waals surface area contributed by atoms with Crippen LogP contribution in [-0.2, 0) is 11.2 Å². The van der Waals surface area contributed by atoms with Crippen molar-refractivity contribution < 1.29 is 9.59 Å². The summed E-state index contributed by atoms with van der Waals surface area (Å²) in [7, 11) is 0. The Kier molecular flexibility index (Phi) is 7.16. The Morgan fingerprint density at radius 1 is 1.09 bits per heavy atom. The number of fused-ring (bicyclic) bond motifs is 1. The fraction of sp³-hybridized carbons (Fsp3) is 0.750. The van der Waals surface area contributed by atoms with Gasteiger partial charge in [0.25, 0.3) is 0 Å². The molecule has 2 atom stereocenters. The lowest BCUT2D eigenvalue weighted by atomic mass is 9.75. The van der Waals surface area contributed by atoms with Crippen molar-refractivity contribution >= 4 is 17.5 Å². The summed E-state index contributed by atoms with van der Waals surface area (Å²) >= 11 is 0. The summed E-state index contributed by atoms with van der Waals surface area (Å²) in [5, 5.41) is 0. The molecule has 0 radical (unpaired) electrons. The van der Waals surface area contributed by atoms with Crippen LogP contribution in [0, 0.1) is 16.7 Å². The molecule has 2 aliphatic heterocycles. The Hall–Kier alpha value is -1.91. The van der Waals surface area contributed by atoms with Gasteiger partial charge in [-0.2, -0.15) is 0 Å². The normalized spacial score (nSPS) is 25.4. The van der Waals surface area contributed by atoms with Gasteiger partial charge in [0.1, 0.15) is 5.82 Å². The second-order valence-electron chi connectivity index (χ2n) is 11.7. The Morgan fingerprint density at radius 2 is 1.91 bits per heavy atom. The van der Waals surface area contributed by atoms with Crippen molar-refractivity contribution in [1.29, 1.82) is 0 Å². The summed E-state index contributed by atoms with van der Waals surface area (Å²) in [4.78, 5) is 35.4. The molecule has 0 N–H and O–H groups in total. The number of aromatic nitrogens is 1. The first-order valence-electron chi connectivity index (χ1n) is 13.3. The lowest BCUT2D eigenvalue weighted by Gasteiger charge is -2.41. The van der Waals surface area contributed by atoms with E-state index in [1.807, 2.05) is 12.1 Å². The van der Waals surface area contributed by atoms with E-state index in [9.17, 15) is 9.59 Å². The maximum atomic E-state index is 13.3. The monoisotopic (exact) mass is 453 g/mol. The van der Waals surface area contributed by atoms with Crippen LogP contribution < -0.4 is 4.90 Å². The van der Waals surface area contributed by atoms with Gasteiger partial charge in [0, 0.05) is 49.5 Å². The van der Waals surface area contributed by atoms with Gasteiger partial charge < -0.3 is 9.80 Å². The molecule has 182 valence electrons. The van der Waals surface area contributed by atoms with Gasteiger partial charge >= 0.3 is 0 Å². The number of anilines is 1. The van der Waals surface area contributed by atoms with Crippen molar-refractivity contribution in [3.63, 3.8) is 0 Å². The molecule has 5 nitrogen and oxygen atoms in total. The number of Topliss-reactive ketones (excluding diaryl/α,β-unsaturated/α-hetero) is 1. The van der Waals surface area contributed by atoms with Gasteiger partial charge in [-0.15, -0.1) is 0 Å². The summed E-state index contributed by atoms with van der Waals surface area (Å²) < 4.78 is 0. The lowest BCUT2D eigenvalue weighted by molar-refractivity contribution is -0.135. The number of nitrogens with zero attached hydrogens (tertiary/aromatic N) is 3. The first kappa shape index (κ1) is 24.2. The van der Waals surface area contributed by atoms with Crippen LogP contribution in [0.4, 0.5) is 5.82 Å². The van der Waals surface area contributed by atoms with Crippen LogP contribution in [0.3, 0.4) is 0 Å². The molecule has 2 fully saturated rings. The second kappa shape index (κ2) is 9.76. The van der Waals surface area contributed by atoms with E-state index in [4.69, 9.17) is 4.98 Å². The first-order chi connectivity index (χ1) is 15.8. The summed E-state index contributed by atoms with van der Waals surface area (Å²) in [5.74, 6) is 1.81. The average molecular weight is 454 g/mol. The molecule has 2 saturated heterocycles. The quantitative estimate of drug-likeness (QED) is 0.500. The Balaban J connectivity index is 1.44. The minimum atomic E-state index is -0.0158. The van der Waals surface area contributed by atoms with Gasteiger partial charge in [-0.05, 0) is 56.1 Å². The molecule has 33 heavy (non-hydrogen) atoms. The minimum Gasteiger partial charge on any atom is -0.356 e. The standard InChI is InChI=1S/C28H43N3O2/c1-5-7-8-10-21(6-2)26(33)31-16-14-28(20-31)13-9-15-30(19-28)25-12-11-22-23(29-25)17-27(3,4)18-24(22)32/h11-12,21H,5-10,13-20H2,1-4H3. The summed E-state index contributed by atoms with van der Waals surface area (Å²) in [5.41, 5.74) is 1.95. The molecule has 0 aromatic carbocycles. The molecule has 2 unspecified atom stereocenters. The lowest BCUT2D eigenvalue weighted by Crippen LogP contribution is -2.46. The molecule has 1 aromatic heterocycles. The van der Waals surface area contributed by atoms with Crippen LogP contribution in [0.25, 0.3) is 0 Å². The molecule has 4 rings (SSSR count). The van der Waals surface area contributed by atoms with Crippen molar-refractivity contribution in [2.75, 3.05) is 31.1 Å². The van der Waals surface area contributed by atoms with Crippen molar-refractivity contribution in [1.82, 2.24) is 9.88 Å². The summed E-state index contributed by atoms with van der Waals surface area (Å²) in [6, 6.07) is 4.05. The van der Waals surface area contributed by atoms with Crippen LogP contribution >= 0.6 is 0 Å². The zero-order chi connectivity index (χ0) is 23.6. The number of hydrogen-bond donors (Lipinski definition) is 0. The number of unbranched alkanes of at least 4 members (excludes halogenated alkanes) is 2. The van der Waals surface area contributed by atoms with E-state index in [1.165, 1.54) is 19.3 Å². The van der Waals surface area contributed by atoms with Gasteiger partial charge in [0.15, 0.2) is 5.78 Å². The van der Waals surface area contributed by atoms with Gasteiger partial charge in [0.2, 0.25) is 5.91 Å². The summed E-state index contributed by atoms with van der Waals surface area (Å²) in [6.07, 6.45) is 10.5. The fourth-order valence-corrected chi connectivity index (χ4v) is 6.36. The predicted octanol–water partition coefficient (Wildman–Crippen LogP) is 5.66. The highest BCUT2D eigenvalue weighted by molar-refractivity contribution is 5.98. The van der Waals surface area contributed by atoms with E-state index in [0.29, 0.717) is 12.3 Å². The van der Waals surface area contributed by atoms with Gasteiger partial charge in [-0.25, -0.2) is 4.98 Å². The van der Waals surface area contributed by atoms with Crippen LogP contribution in [0.2, 0.25) is 0 Å². The third-order valence-corrected chi connectivity index (χ3v) is 8.28. The molecule has 5 heteroatoms. The number of likely N-dealkylation sites (tertiary alicyclic amines) is 1. The third-order valence-electron chi connectivity index (χ3n) is 8.28. The molecule has 3 aliphatic rings. The number of piperidine rings is 1. The molecule has 1 amide bonds. The van der Waals surface area contributed by atoms with E-state index in [0.717, 1.165) is 81.8 Å². The molecule has 0 bridgehead atoms. The van der Waals surface area contributed by atoms with Crippen LogP contribution in [0.5, 0.6) is 0 Å². The number of carbonyl (C=O) groups excluding carboxylic acids is 2. The average Bonchev–Trinajstić information content (AvgIpc) is 3.18. The van der Waals surface area contributed by atoms with E-state index in [-0.39, 0.29) is 22.5 Å². The fourth-order valence-electron chi connectivity index (χ4n) is 6.36. The van der Waals surface area contributed by atoms with Gasteiger partial charge in [-0.3, -0.25) is 9.59 Å². The molecular weight excluding hydrogens is 410 g/mol. The first-order valence-corrected chi connectivity index (χ1v) is 13.3. The third kappa shape index (κ3) is 5.27. The maximum absolute atomic E-state index is 13.3. The van der Waals surface area contributed by atoms with Crippen molar-refractivity contribution in [3.05, 3.63) is 23.4 Å². The Labute approximate surface area is 200 Å². The van der Waals surface area contributed by atoms with Crippen molar-refractivity contribution in [2.45, 2.75) is 91.9 Å². The predicted molar refractivity (Wildman–Crippen MR) is 134 cm³/mol. The zero-order valence-corrected chi connectivity index (χ0v) is 21.3. The molecule has 0 saturated carbocycles. The highest BCUT2D eigenvalue weighted by Crippen LogP contribution is 2.41. The van der Waals surface area contributed by atoms with Crippen molar-refractivity contribution in [3.8, 4) is 0 Å². The molecule has 1 aromatic rings. The molecule has 1 aliphatic carbocycles. The van der Waals surface area contributed by atoms with E-state index in [1.54, 1.807) is 0 Å².